The standard InChI is InChI=1S/C12H3F17O4/c13-5(14,7(17,18)9(21,22)11(25,26)27)6(15,16)8(19,20)10(23,24)12(28,29)33-4(32)2-1-3(30)31/h1-2H,(H,30,31)/b2-1-. The number of hydrogen-bond donors (Lipinski definition) is 1. The first-order valence-electron chi connectivity index (χ1n) is 6.91. The van der Waals surface area contributed by atoms with Gasteiger partial charge in [-0.25, -0.2) is 9.59 Å². The Balaban J connectivity index is 6.58. The van der Waals surface area contributed by atoms with Crippen molar-refractivity contribution in [2.75, 3.05) is 0 Å². The van der Waals surface area contributed by atoms with Gasteiger partial charge in [-0.3, -0.25) is 0 Å². The molecule has 0 aliphatic rings. The summed E-state index contributed by atoms with van der Waals surface area (Å²) in [6, 6.07) is 0. The van der Waals surface area contributed by atoms with E-state index >= 15 is 0 Å². The Morgan fingerprint density at radius 2 is 0.818 bits per heavy atom. The van der Waals surface area contributed by atoms with E-state index in [2.05, 4.69) is 4.74 Å². The molecular formula is C12H3F17O4. The van der Waals surface area contributed by atoms with Gasteiger partial charge < -0.3 is 9.84 Å². The van der Waals surface area contributed by atoms with E-state index in [1.807, 2.05) is 0 Å². The fourth-order valence-corrected chi connectivity index (χ4v) is 1.51. The highest BCUT2D eigenvalue weighted by molar-refractivity contribution is 5.90. The lowest BCUT2D eigenvalue weighted by Crippen LogP contribution is -2.74. The summed E-state index contributed by atoms with van der Waals surface area (Å²) in [4.78, 5) is 20.6. The van der Waals surface area contributed by atoms with E-state index in [9.17, 15) is 84.2 Å². The number of carboxylic acid groups (broad SMARTS) is 1. The molecule has 1 N–H and O–H groups in total. The van der Waals surface area contributed by atoms with Crippen LogP contribution in [0.5, 0.6) is 0 Å². The summed E-state index contributed by atoms with van der Waals surface area (Å²) in [5.41, 5.74) is 0. The van der Waals surface area contributed by atoms with Crippen molar-refractivity contribution in [3.63, 3.8) is 0 Å². The molecule has 0 aromatic rings. The van der Waals surface area contributed by atoms with Crippen molar-refractivity contribution in [2.45, 2.75) is 47.8 Å². The number of carboxylic acids is 1. The first-order chi connectivity index (χ1) is 14.1. The number of alkyl halides is 17. The van der Waals surface area contributed by atoms with Crippen molar-refractivity contribution in [2.24, 2.45) is 0 Å². The molecular weight excluding hydrogens is 531 g/mol. The molecule has 0 bridgehead atoms. The third-order valence-corrected chi connectivity index (χ3v) is 3.28. The lowest BCUT2D eigenvalue weighted by molar-refractivity contribution is -0.473. The van der Waals surface area contributed by atoms with Crippen molar-refractivity contribution in [1.29, 1.82) is 0 Å². The summed E-state index contributed by atoms with van der Waals surface area (Å²) in [7, 11) is 0. The molecule has 33 heavy (non-hydrogen) atoms. The Bertz CT molecular complexity index is 794. The van der Waals surface area contributed by atoms with E-state index in [0.29, 0.717) is 0 Å². The molecule has 4 nitrogen and oxygen atoms in total. The molecule has 0 aromatic heterocycles. The SMILES string of the molecule is O=C(O)/C=C\C(=O)OC(F)(F)C(F)(F)C(F)(F)C(F)(F)C(F)(F)C(F)(F)C(F)(F)C(F)(F)F. The Kier molecular flexibility index (Phi) is 7.45. The fraction of sp³-hybridized carbons (Fsp3) is 0.667. The second-order valence-electron chi connectivity index (χ2n) is 5.55. The second kappa shape index (κ2) is 8.06. The molecule has 0 aromatic carbocycles. The molecule has 194 valence electrons. The fourth-order valence-electron chi connectivity index (χ4n) is 1.51. The van der Waals surface area contributed by atoms with Crippen LogP contribution in [0.15, 0.2) is 12.2 Å². The monoisotopic (exact) mass is 534 g/mol. The summed E-state index contributed by atoms with van der Waals surface area (Å²) in [6.07, 6.45) is -16.5. The molecule has 0 radical (unpaired) electrons. The number of esters is 1. The summed E-state index contributed by atoms with van der Waals surface area (Å²) in [5.74, 6) is -56.7. The van der Waals surface area contributed by atoms with Crippen molar-refractivity contribution < 1.29 is 94.1 Å². The zero-order chi connectivity index (χ0) is 27.3. The van der Waals surface area contributed by atoms with E-state index < -0.39 is 71.9 Å². The largest absolute Gasteiger partial charge is 0.478 e. The number of carbonyl (C=O) groups excluding carboxylic acids is 1. The highest BCUT2D eigenvalue weighted by Gasteiger charge is 2.95. The number of ether oxygens (including phenoxy) is 1. The van der Waals surface area contributed by atoms with Gasteiger partial charge in [-0.05, 0) is 0 Å². The highest BCUT2D eigenvalue weighted by atomic mass is 19.4. The molecule has 21 heteroatoms. The van der Waals surface area contributed by atoms with Gasteiger partial charge in [0.05, 0.1) is 0 Å². The Hall–Kier alpha value is -2.51. The number of aliphatic carboxylic acids is 1. The van der Waals surface area contributed by atoms with Gasteiger partial charge in [0.2, 0.25) is 0 Å². The van der Waals surface area contributed by atoms with E-state index in [-0.39, 0.29) is 0 Å². The maximum Gasteiger partial charge on any atom is 0.473 e. The zero-order valence-electron chi connectivity index (χ0n) is 14.3. The summed E-state index contributed by atoms with van der Waals surface area (Å²) >= 11 is 0. The van der Waals surface area contributed by atoms with Crippen LogP contribution in [0.4, 0.5) is 74.6 Å². The molecule has 0 saturated carbocycles. The summed E-state index contributed by atoms with van der Waals surface area (Å²) < 4.78 is 221. The predicted molar refractivity (Wildman–Crippen MR) is 63.6 cm³/mol. The lowest BCUT2D eigenvalue weighted by Gasteiger charge is -2.42. The van der Waals surface area contributed by atoms with Crippen LogP contribution in [0.1, 0.15) is 0 Å². The number of hydrogen-bond acceptors (Lipinski definition) is 3. The minimum atomic E-state index is -8.81. The van der Waals surface area contributed by atoms with Crippen LogP contribution in [-0.4, -0.2) is 64.9 Å². The van der Waals surface area contributed by atoms with Gasteiger partial charge in [-0.1, -0.05) is 0 Å². The molecule has 0 saturated heterocycles. The quantitative estimate of drug-likeness (QED) is 0.253. The first-order valence-corrected chi connectivity index (χ1v) is 6.91. The van der Waals surface area contributed by atoms with Gasteiger partial charge in [0.1, 0.15) is 0 Å². The Morgan fingerprint density at radius 1 is 0.515 bits per heavy atom. The second-order valence-corrected chi connectivity index (χ2v) is 5.55. The van der Waals surface area contributed by atoms with Crippen molar-refractivity contribution in [3.05, 3.63) is 12.2 Å². The minimum Gasteiger partial charge on any atom is -0.478 e. The average molecular weight is 534 g/mol. The molecule has 0 amide bonds. The maximum absolute atomic E-state index is 13.3. The van der Waals surface area contributed by atoms with Crippen LogP contribution in [0.25, 0.3) is 0 Å². The molecule has 0 spiro atoms. The molecule has 0 unspecified atom stereocenters. The molecule has 0 aliphatic carbocycles. The van der Waals surface area contributed by atoms with Crippen molar-refractivity contribution in [1.82, 2.24) is 0 Å². The smallest absolute Gasteiger partial charge is 0.473 e. The van der Waals surface area contributed by atoms with Gasteiger partial charge in [-0.2, -0.15) is 74.6 Å². The molecule has 0 heterocycles. The van der Waals surface area contributed by atoms with Gasteiger partial charge in [0.25, 0.3) is 0 Å². The Morgan fingerprint density at radius 3 is 1.12 bits per heavy atom. The van der Waals surface area contributed by atoms with Crippen LogP contribution in [0.3, 0.4) is 0 Å². The molecule has 0 aliphatic heterocycles. The average Bonchev–Trinajstić information content (AvgIpc) is 2.57. The normalized spacial score (nSPS) is 15.7. The first kappa shape index (κ1) is 30.5. The van der Waals surface area contributed by atoms with Gasteiger partial charge >= 0.3 is 59.8 Å². The summed E-state index contributed by atoms with van der Waals surface area (Å²) in [5, 5.41) is 8.00. The molecule has 0 atom stereocenters. The number of rotatable bonds is 9. The van der Waals surface area contributed by atoms with Crippen molar-refractivity contribution in [3.8, 4) is 0 Å². The topological polar surface area (TPSA) is 63.6 Å². The highest BCUT2D eigenvalue weighted by Crippen LogP contribution is 2.63. The van der Waals surface area contributed by atoms with Gasteiger partial charge in [0, 0.05) is 12.2 Å². The van der Waals surface area contributed by atoms with Crippen LogP contribution in [-0.2, 0) is 14.3 Å². The lowest BCUT2D eigenvalue weighted by atomic mass is 9.90. The molecule has 0 rings (SSSR count). The predicted octanol–water partition coefficient (Wildman–Crippen LogP) is 5.14. The van der Waals surface area contributed by atoms with Crippen LogP contribution >= 0.6 is 0 Å². The number of halogens is 17. The maximum atomic E-state index is 13.3. The van der Waals surface area contributed by atoms with Crippen LogP contribution < -0.4 is 0 Å². The van der Waals surface area contributed by atoms with E-state index in [0.717, 1.165) is 0 Å². The third kappa shape index (κ3) is 4.49. The third-order valence-electron chi connectivity index (χ3n) is 3.28. The Labute approximate surface area is 167 Å². The van der Waals surface area contributed by atoms with Crippen molar-refractivity contribution >= 4 is 11.9 Å². The number of carbonyl (C=O) groups is 2. The van der Waals surface area contributed by atoms with Gasteiger partial charge in [0.15, 0.2) is 0 Å². The zero-order valence-corrected chi connectivity index (χ0v) is 14.3. The van der Waals surface area contributed by atoms with Crippen LogP contribution in [0.2, 0.25) is 0 Å². The van der Waals surface area contributed by atoms with E-state index in [1.165, 1.54) is 0 Å². The minimum absolute atomic E-state index is 0.503. The summed E-state index contributed by atoms with van der Waals surface area (Å²) in [6.45, 7) is 0. The van der Waals surface area contributed by atoms with E-state index in [1.54, 1.807) is 0 Å². The molecule has 0 fully saturated rings. The van der Waals surface area contributed by atoms with Crippen LogP contribution in [0, 0.1) is 0 Å². The van der Waals surface area contributed by atoms with E-state index in [4.69, 9.17) is 5.11 Å². The van der Waals surface area contributed by atoms with Gasteiger partial charge in [-0.15, -0.1) is 0 Å².